The fourth-order valence-electron chi connectivity index (χ4n) is 3.61. The van der Waals surface area contributed by atoms with Crippen molar-refractivity contribution in [3.8, 4) is 16.9 Å². The molecule has 0 aliphatic heterocycles. The van der Waals surface area contributed by atoms with Crippen LogP contribution >= 0.6 is 0 Å². The number of para-hydroxylation sites is 1. The van der Waals surface area contributed by atoms with Crippen LogP contribution in [0.2, 0.25) is 0 Å². The molecule has 1 N–H and O–H groups in total. The van der Waals surface area contributed by atoms with Crippen LogP contribution in [0.15, 0.2) is 64.3 Å². The lowest BCUT2D eigenvalue weighted by atomic mass is 10.1. The van der Waals surface area contributed by atoms with E-state index in [1.54, 1.807) is 13.2 Å². The van der Waals surface area contributed by atoms with Crippen LogP contribution in [0.3, 0.4) is 0 Å². The van der Waals surface area contributed by atoms with Crippen LogP contribution in [0.1, 0.15) is 11.1 Å². The molecule has 0 fully saturated rings. The summed E-state index contributed by atoms with van der Waals surface area (Å²) in [5.74, 6) is 0. The second-order valence-electron chi connectivity index (χ2n) is 6.97. The number of rotatable bonds is 3. The van der Waals surface area contributed by atoms with Crippen molar-refractivity contribution in [2.24, 2.45) is 14.1 Å². The lowest BCUT2D eigenvalue weighted by Crippen LogP contribution is -2.36. The highest BCUT2D eigenvalue weighted by molar-refractivity contribution is 5.95. The molecule has 142 valence electrons. The molecule has 0 bridgehead atoms. The minimum atomic E-state index is -0.374. The van der Waals surface area contributed by atoms with Crippen LogP contribution in [0, 0.1) is 6.92 Å². The van der Waals surface area contributed by atoms with Gasteiger partial charge in [0.15, 0.2) is 0 Å². The standard InChI is InChI=1S/C22H21N3O3/c1-14-8-10-15(11-9-14)20-19-18(23(2)22(28)24(3)21(19)27)12-25(20)17-7-5-4-6-16(17)13-26/h4-12,26H,13H2,1-3H3. The van der Waals surface area contributed by atoms with E-state index in [1.165, 1.54) is 11.6 Å². The quantitative estimate of drug-likeness (QED) is 0.598. The summed E-state index contributed by atoms with van der Waals surface area (Å²) in [7, 11) is 3.15. The monoisotopic (exact) mass is 375 g/mol. The number of aromatic nitrogens is 3. The summed E-state index contributed by atoms with van der Waals surface area (Å²) in [6.07, 6.45) is 1.79. The Morgan fingerprint density at radius 3 is 2.29 bits per heavy atom. The lowest BCUT2D eigenvalue weighted by molar-refractivity contribution is 0.281. The molecule has 2 aromatic heterocycles. The number of aryl methyl sites for hydroxylation is 2. The second kappa shape index (κ2) is 6.65. The zero-order valence-electron chi connectivity index (χ0n) is 16.0. The average Bonchev–Trinajstić information content (AvgIpc) is 3.11. The molecule has 2 aromatic carbocycles. The van der Waals surface area contributed by atoms with Crippen molar-refractivity contribution in [3.63, 3.8) is 0 Å². The summed E-state index contributed by atoms with van der Waals surface area (Å²) in [5, 5.41) is 10.3. The van der Waals surface area contributed by atoms with Crippen molar-refractivity contribution in [3.05, 3.63) is 86.7 Å². The van der Waals surface area contributed by atoms with E-state index in [0.29, 0.717) is 16.6 Å². The Morgan fingerprint density at radius 1 is 0.929 bits per heavy atom. The number of hydrogen-bond donors (Lipinski definition) is 1. The van der Waals surface area contributed by atoms with Gasteiger partial charge in [-0.25, -0.2) is 4.79 Å². The third kappa shape index (κ3) is 2.61. The third-order valence-electron chi connectivity index (χ3n) is 5.19. The highest BCUT2D eigenvalue weighted by Gasteiger charge is 2.21. The van der Waals surface area contributed by atoms with Gasteiger partial charge >= 0.3 is 5.69 Å². The highest BCUT2D eigenvalue weighted by Crippen LogP contribution is 2.32. The topological polar surface area (TPSA) is 69.2 Å². The number of hydrogen-bond acceptors (Lipinski definition) is 3. The molecule has 2 heterocycles. The Hall–Kier alpha value is -3.38. The van der Waals surface area contributed by atoms with Gasteiger partial charge in [-0.15, -0.1) is 0 Å². The lowest BCUT2D eigenvalue weighted by Gasteiger charge is -2.13. The molecule has 0 saturated carbocycles. The van der Waals surface area contributed by atoms with Crippen LogP contribution < -0.4 is 11.2 Å². The van der Waals surface area contributed by atoms with Gasteiger partial charge in [0.2, 0.25) is 0 Å². The molecule has 0 atom stereocenters. The van der Waals surface area contributed by atoms with Crippen molar-refractivity contribution < 1.29 is 5.11 Å². The van der Waals surface area contributed by atoms with Crippen LogP contribution in [0.5, 0.6) is 0 Å². The first-order chi connectivity index (χ1) is 13.4. The number of nitrogens with zero attached hydrogens (tertiary/aromatic N) is 3. The van der Waals surface area contributed by atoms with Gasteiger partial charge in [-0.1, -0.05) is 48.0 Å². The zero-order chi connectivity index (χ0) is 20.0. The predicted octanol–water partition coefficient (Wildman–Crippen LogP) is 2.50. The average molecular weight is 375 g/mol. The minimum Gasteiger partial charge on any atom is -0.392 e. The van der Waals surface area contributed by atoms with Gasteiger partial charge in [0, 0.05) is 25.9 Å². The first kappa shape index (κ1) is 18.0. The molecule has 0 saturated heterocycles. The van der Waals surface area contributed by atoms with E-state index in [0.717, 1.165) is 26.9 Å². The van der Waals surface area contributed by atoms with Gasteiger partial charge in [-0.3, -0.25) is 13.9 Å². The number of benzene rings is 2. The summed E-state index contributed by atoms with van der Waals surface area (Å²) in [6.45, 7) is 1.87. The molecular weight excluding hydrogens is 354 g/mol. The molecule has 0 spiro atoms. The largest absolute Gasteiger partial charge is 0.392 e. The molecule has 4 rings (SSSR count). The summed E-state index contributed by atoms with van der Waals surface area (Å²) in [5.41, 5.74) is 4.02. The smallest absolute Gasteiger partial charge is 0.330 e. The first-order valence-electron chi connectivity index (χ1n) is 9.01. The molecule has 0 unspecified atom stereocenters. The van der Waals surface area contributed by atoms with E-state index in [2.05, 4.69) is 0 Å². The zero-order valence-corrected chi connectivity index (χ0v) is 16.0. The van der Waals surface area contributed by atoms with Gasteiger partial charge in [-0.2, -0.15) is 0 Å². The first-order valence-corrected chi connectivity index (χ1v) is 9.01. The van der Waals surface area contributed by atoms with Gasteiger partial charge < -0.3 is 9.67 Å². The molecule has 4 aromatic rings. The van der Waals surface area contributed by atoms with E-state index in [-0.39, 0.29) is 17.9 Å². The predicted molar refractivity (Wildman–Crippen MR) is 110 cm³/mol. The third-order valence-corrected chi connectivity index (χ3v) is 5.19. The van der Waals surface area contributed by atoms with Gasteiger partial charge in [0.25, 0.3) is 5.56 Å². The van der Waals surface area contributed by atoms with Crippen LogP contribution in [-0.2, 0) is 20.7 Å². The fourth-order valence-corrected chi connectivity index (χ4v) is 3.61. The summed E-state index contributed by atoms with van der Waals surface area (Å²) in [6, 6.07) is 15.4. The van der Waals surface area contributed by atoms with Gasteiger partial charge in [-0.05, 0) is 18.6 Å². The van der Waals surface area contributed by atoms with E-state index in [1.807, 2.05) is 60.0 Å². The number of aliphatic hydroxyl groups is 1. The SMILES string of the molecule is Cc1ccc(-c2c3c(=O)n(C)c(=O)n(C)c3cn2-c2ccccc2CO)cc1. The van der Waals surface area contributed by atoms with Gasteiger partial charge in [0.1, 0.15) is 0 Å². The van der Waals surface area contributed by atoms with E-state index >= 15 is 0 Å². The highest BCUT2D eigenvalue weighted by atomic mass is 16.3. The van der Waals surface area contributed by atoms with Crippen molar-refractivity contribution in [2.75, 3.05) is 0 Å². The maximum atomic E-state index is 13.0. The van der Waals surface area contributed by atoms with Crippen LogP contribution in [-0.4, -0.2) is 18.8 Å². The number of fused-ring (bicyclic) bond motifs is 1. The van der Waals surface area contributed by atoms with Crippen LogP contribution in [0.4, 0.5) is 0 Å². The second-order valence-corrected chi connectivity index (χ2v) is 6.97. The maximum absolute atomic E-state index is 13.0. The Morgan fingerprint density at radius 2 is 1.61 bits per heavy atom. The Bertz CT molecular complexity index is 1310. The molecule has 28 heavy (non-hydrogen) atoms. The molecule has 0 aliphatic rings. The Labute approximate surface area is 161 Å². The Kier molecular flexibility index (Phi) is 4.28. The van der Waals surface area contributed by atoms with Crippen LogP contribution in [0.25, 0.3) is 27.8 Å². The molecule has 6 nitrogen and oxygen atoms in total. The molecular formula is C22H21N3O3. The maximum Gasteiger partial charge on any atom is 0.330 e. The van der Waals surface area contributed by atoms with Crippen molar-refractivity contribution in [2.45, 2.75) is 13.5 Å². The molecule has 0 radical (unpaired) electrons. The minimum absolute atomic E-state index is 0.130. The molecule has 0 aliphatic carbocycles. The van der Waals surface area contributed by atoms with E-state index < -0.39 is 0 Å². The molecule has 0 amide bonds. The van der Waals surface area contributed by atoms with E-state index in [4.69, 9.17) is 0 Å². The van der Waals surface area contributed by atoms with Crippen molar-refractivity contribution >= 4 is 10.9 Å². The number of aliphatic hydroxyl groups excluding tert-OH is 1. The summed E-state index contributed by atoms with van der Waals surface area (Å²) in [4.78, 5) is 25.5. The Balaban J connectivity index is 2.22. The van der Waals surface area contributed by atoms with E-state index in [9.17, 15) is 14.7 Å². The summed E-state index contributed by atoms with van der Waals surface area (Å²) >= 11 is 0. The van der Waals surface area contributed by atoms with Crippen molar-refractivity contribution in [1.29, 1.82) is 0 Å². The van der Waals surface area contributed by atoms with Crippen molar-refractivity contribution in [1.82, 2.24) is 13.7 Å². The summed E-state index contributed by atoms with van der Waals surface area (Å²) < 4.78 is 4.50. The van der Waals surface area contributed by atoms with Gasteiger partial charge in [0.05, 0.1) is 28.9 Å². The normalized spacial score (nSPS) is 11.3. The fraction of sp³-hybridized carbons (Fsp3) is 0.182. The molecule has 6 heteroatoms.